The smallest absolute Gasteiger partial charge is 0.341 e. The normalized spacial score (nSPS) is 12.0. The molecule has 0 aliphatic rings. The molecule has 0 aliphatic heterocycles. The number of halogens is 3. The minimum Gasteiger partial charge on any atom is -0.341 e. The Hall–Kier alpha value is -3.25. The van der Waals surface area contributed by atoms with Crippen molar-refractivity contribution in [2.24, 2.45) is 0 Å². The van der Waals surface area contributed by atoms with Gasteiger partial charge in [-0.1, -0.05) is 54.1 Å². The van der Waals surface area contributed by atoms with E-state index in [1.807, 2.05) is 74.4 Å². The molecule has 1 aromatic heterocycles. The maximum atomic E-state index is 13.5. The van der Waals surface area contributed by atoms with Gasteiger partial charge in [-0.15, -0.1) is 0 Å². The van der Waals surface area contributed by atoms with Gasteiger partial charge in [0.15, 0.2) is 0 Å². The molecular formula is C25H24F3N3. The SMILES string of the molecule is Cc1ccc(-c2[nH]c(Nc3cc(CN(C)C)cc(C(F)(F)F)c3)c3ccccc23)cc1. The Balaban J connectivity index is 1.79. The molecule has 2 N–H and O–H groups in total. The molecule has 3 aromatic carbocycles. The predicted molar refractivity (Wildman–Crippen MR) is 121 cm³/mol. The van der Waals surface area contributed by atoms with Gasteiger partial charge < -0.3 is 15.2 Å². The first-order valence-electron chi connectivity index (χ1n) is 10.0. The number of nitrogens with one attached hydrogen (secondary N) is 2. The second kappa shape index (κ2) is 8.12. The van der Waals surface area contributed by atoms with Gasteiger partial charge in [0.2, 0.25) is 0 Å². The van der Waals surface area contributed by atoms with Crippen molar-refractivity contribution < 1.29 is 13.2 Å². The van der Waals surface area contributed by atoms with E-state index in [-0.39, 0.29) is 0 Å². The van der Waals surface area contributed by atoms with E-state index in [0.29, 0.717) is 23.6 Å². The van der Waals surface area contributed by atoms with E-state index in [2.05, 4.69) is 10.3 Å². The standard InChI is InChI=1S/C25H24F3N3/c1-16-8-10-18(11-9-16)23-21-6-4-5-7-22(21)24(30-23)29-20-13-17(15-31(2)3)12-19(14-20)25(26,27)28/h4-14,29-30H,15H2,1-3H3. The largest absolute Gasteiger partial charge is 0.416 e. The molecule has 0 atom stereocenters. The van der Waals surface area contributed by atoms with Gasteiger partial charge in [0.25, 0.3) is 0 Å². The number of rotatable bonds is 5. The van der Waals surface area contributed by atoms with Crippen LogP contribution < -0.4 is 5.32 Å². The van der Waals surface area contributed by atoms with Crippen LogP contribution >= 0.6 is 0 Å². The molecule has 0 amide bonds. The molecule has 0 saturated heterocycles. The summed E-state index contributed by atoms with van der Waals surface area (Å²) >= 11 is 0. The lowest BCUT2D eigenvalue weighted by atomic mass is 10.1. The highest BCUT2D eigenvalue weighted by molar-refractivity contribution is 6.04. The third kappa shape index (κ3) is 4.59. The molecule has 0 unspecified atom stereocenters. The van der Waals surface area contributed by atoms with E-state index in [1.54, 1.807) is 6.07 Å². The summed E-state index contributed by atoms with van der Waals surface area (Å²) in [5, 5.41) is 5.13. The number of H-pyrrole nitrogens is 1. The van der Waals surface area contributed by atoms with E-state index in [9.17, 15) is 13.2 Å². The van der Waals surface area contributed by atoms with Crippen LogP contribution in [0.25, 0.3) is 22.0 Å². The zero-order valence-electron chi connectivity index (χ0n) is 17.6. The summed E-state index contributed by atoms with van der Waals surface area (Å²) in [6.45, 7) is 2.45. The number of aromatic nitrogens is 1. The summed E-state index contributed by atoms with van der Waals surface area (Å²) < 4.78 is 40.5. The molecule has 1 heterocycles. The zero-order valence-corrected chi connectivity index (χ0v) is 17.6. The van der Waals surface area contributed by atoms with Crippen LogP contribution in [-0.4, -0.2) is 24.0 Å². The Morgan fingerprint density at radius 2 is 1.58 bits per heavy atom. The Labute approximate surface area is 179 Å². The fourth-order valence-electron chi connectivity index (χ4n) is 3.75. The maximum Gasteiger partial charge on any atom is 0.416 e. The molecular weight excluding hydrogens is 399 g/mol. The Morgan fingerprint density at radius 1 is 0.903 bits per heavy atom. The number of aromatic amines is 1. The first-order chi connectivity index (χ1) is 14.7. The van der Waals surface area contributed by atoms with Crippen molar-refractivity contribution in [2.45, 2.75) is 19.6 Å². The molecule has 0 aliphatic carbocycles. The third-order valence-electron chi connectivity index (χ3n) is 5.14. The van der Waals surface area contributed by atoms with Crippen molar-refractivity contribution in [3.05, 3.63) is 83.4 Å². The molecule has 4 aromatic rings. The number of alkyl halides is 3. The molecule has 0 radical (unpaired) electrons. The lowest BCUT2D eigenvalue weighted by Crippen LogP contribution is -2.13. The van der Waals surface area contributed by atoms with Gasteiger partial charge in [0, 0.05) is 23.0 Å². The van der Waals surface area contributed by atoms with Crippen LogP contribution in [0.2, 0.25) is 0 Å². The van der Waals surface area contributed by atoms with E-state index in [0.717, 1.165) is 33.7 Å². The summed E-state index contributed by atoms with van der Waals surface area (Å²) in [7, 11) is 3.67. The van der Waals surface area contributed by atoms with Crippen molar-refractivity contribution in [3.63, 3.8) is 0 Å². The highest BCUT2D eigenvalue weighted by Gasteiger charge is 2.31. The highest BCUT2D eigenvalue weighted by atomic mass is 19.4. The fraction of sp³-hybridized carbons (Fsp3) is 0.200. The monoisotopic (exact) mass is 423 g/mol. The Kier molecular flexibility index (Phi) is 5.50. The summed E-state index contributed by atoms with van der Waals surface area (Å²) in [6.07, 6.45) is -4.41. The van der Waals surface area contributed by atoms with Crippen LogP contribution in [0.15, 0.2) is 66.7 Å². The molecule has 6 heteroatoms. The van der Waals surface area contributed by atoms with Crippen molar-refractivity contribution in [2.75, 3.05) is 19.4 Å². The minimum absolute atomic E-state index is 0.397. The van der Waals surface area contributed by atoms with Crippen molar-refractivity contribution in [3.8, 4) is 11.3 Å². The molecule has 160 valence electrons. The van der Waals surface area contributed by atoms with Crippen molar-refractivity contribution in [1.82, 2.24) is 9.88 Å². The van der Waals surface area contributed by atoms with Gasteiger partial charge in [-0.05, 0) is 50.3 Å². The molecule has 3 nitrogen and oxygen atoms in total. The number of hydrogen-bond acceptors (Lipinski definition) is 2. The maximum absolute atomic E-state index is 13.5. The van der Waals surface area contributed by atoms with Crippen LogP contribution in [-0.2, 0) is 12.7 Å². The molecule has 4 rings (SSSR count). The number of aryl methyl sites for hydroxylation is 1. The highest BCUT2D eigenvalue weighted by Crippen LogP contribution is 2.37. The Morgan fingerprint density at radius 3 is 2.23 bits per heavy atom. The summed E-state index contributed by atoms with van der Waals surface area (Å²) in [5.41, 5.74) is 3.44. The van der Waals surface area contributed by atoms with Crippen LogP contribution in [0, 0.1) is 6.92 Å². The van der Waals surface area contributed by atoms with Gasteiger partial charge in [-0.2, -0.15) is 13.2 Å². The van der Waals surface area contributed by atoms with Gasteiger partial charge in [-0.25, -0.2) is 0 Å². The first kappa shape index (κ1) is 21.0. The van der Waals surface area contributed by atoms with Crippen molar-refractivity contribution >= 4 is 22.3 Å². The number of anilines is 2. The van der Waals surface area contributed by atoms with Crippen molar-refractivity contribution in [1.29, 1.82) is 0 Å². The Bertz CT molecular complexity index is 1210. The predicted octanol–water partition coefficient (Wildman–Crippen LogP) is 6.97. The lowest BCUT2D eigenvalue weighted by molar-refractivity contribution is -0.137. The first-order valence-corrected chi connectivity index (χ1v) is 10.0. The van der Waals surface area contributed by atoms with Crippen LogP contribution in [0.5, 0.6) is 0 Å². The summed E-state index contributed by atoms with van der Waals surface area (Å²) in [5.74, 6) is 0.668. The van der Waals surface area contributed by atoms with Gasteiger partial charge in [0.05, 0.1) is 11.3 Å². The van der Waals surface area contributed by atoms with Crippen LogP contribution in [0.3, 0.4) is 0 Å². The average molecular weight is 423 g/mol. The van der Waals surface area contributed by atoms with Gasteiger partial charge >= 0.3 is 6.18 Å². The van der Waals surface area contributed by atoms with E-state index in [1.165, 1.54) is 6.07 Å². The molecule has 0 saturated carbocycles. The number of fused-ring (bicyclic) bond motifs is 1. The van der Waals surface area contributed by atoms with E-state index in [4.69, 9.17) is 0 Å². The molecule has 0 bridgehead atoms. The fourth-order valence-corrected chi connectivity index (χ4v) is 3.75. The van der Waals surface area contributed by atoms with Crippen LogP contribution in [0.1, 0.15) is 16.7 Å². The third-order valence-corrected chi connectivity index (χ3v) is 5.14. The second-order valence-electron chi connectivity index (χ2n) is 8.07. The van der Waals surface area contributed by atoms with Gasteiger partial charge in [0.1, 0.15) is 5.82 Å². The number of nitrogens with zero attached hydrogens (tertiary/aromatic N) is 1. The molecule has 31 heavy (non-hydrogen) atoms. The van der Waals surface area contributed by atoms with Crippen LogP contribution in [0.4, 0.5) is 24.7 Å². The summed E-state index contributed by atoms with van der Waals surface area (Å²) in [6, 6.07) is 20.1. The van der Waals surface area contributed by atoms with E-state index < -0.39 is 11.7 Å². The minimum atomic E-state index is -4.41. The molecule has 0 spiro atoms. The summed E-state index contributed by atoms with van der Waals surface area (Å²) in [4.78, 5) is 5.24. The number of hydrogen-bond donors (Lipinski definition) is 2. The van der Waals surface area contributed by atoms with E-state index >= 15 is 0 Å². The second-order valence-corrected chi connectivity index (χ2v) is 8.07. The lowest BCUT2D eigenvalue weighted by Gasteiger charge is -2.16. The zero-order chi connectivity index (χ0) is 22.2. The topological polar surface area (TPSA) is 31.1 Å². The van der Waals surface area contributed by atoms with Gasteiger partial charge in [-0.3, -0.25) is 0 Å². The average Bonchev–Trinajstić information content (AvgIpc) is 3.06. The quantitative estimate of drug-likeness (QED) is 0.363. The molecule has 0 fully saturated rings. The number of benzene rings is 3.